The van der Waals surface area contributed by atoms with Crippen LogP contribution in [0, 0.1) is 0 Å². The first kappa shape index (κ1) is 15.4. The molecule has 0 aliphatic rings. The molecule has 2 aromatic rings. The van der Waals surface area contributed by atoms with E-state index in [1.807, 2.05) is 39.2 Å². The Balaban J connectivity index is 2.05. The Kier molecular flexibility index (Phi) is 4.21. The molecule has 1 aromatic carbocycles. The van der Waals surface area contributed by atoms with Crippen molar-refractivity contribution in [2.75, 3.05) is 0 Å². The second-order valence-electron chi connectivity index (χ2n) is 6.63. The number of nitrogens with one attached hydrogen (secondary N) is 2. The second-order valence-corrected chi connectivity index (χ2v) is 6.63. The minimum atomic E-state index is -0.232. The summed E-state index contributed by atoms with van der Waals surface area (Å²) in [4.78, 5) is 16.2. The summed E-state index contributed by atoms with van der Waals surface area (Å²) in [5, 5.41) is 5.74. The molecule has 0 saturated carbocycles. The zero-order valence-electron chi connectivity index (χ0n) is 13.4. The van der Waals surface area contributed by atoms with Crippen LogP contribution in [-0.2, 0) is 6.54 Å². The van der Waals surface area contributed by atoms with Crippen LogP contribution in [0.15, 0.2) is 24.5 Å². The number of urea groups is 1. The Morgan fingerprint density at radius 1 is 1.33 bits per heavy atom. The Bertz CT molecular complexity index is 637. The molecule has 0 saturated heterocycles. The standard InChI is InChI=1S/C16H24N4O/c1-11(2)20-10-18-13-8-12(6-7-14(13)20)9-17-15(21)19-16(3,4)5/h6-8,10-11H,9H2,1-5H3,(H2,17,19,21). The van der Waals surface area contributed by atoms with E-state index in [0.717, 1.165) is 16.6 Å². The van der Waals surface area contributed by atoms with E-state index in [0.29, 0.717) is 12.6 Å². The minimum Gasteiger partial charge on any atom is -0.334 e. The lowest BCUT2D eigenvalue weighted by atomic mass is 10.1. The van der Waals surface area contributed by atoms with E-state index in [1.54, 1.807) is 0 Å². The topological polar surface area (TPSA) is 59.0 Å². The fourth-order valence-corrected chi connectivity index (χ4v) is 2.17. The van der Waals surface area contributed by atoms with Gasteiger partial charge in [-0.2, -0.15) is 0 Å². The lowest BCUT2D eigenvalue weighted by molar-refractivity contribution is 0.231. The molecule has 5 nitrogen and oxygen atoms in total. The first-order valence-electron chi connectivity index (χ1n) is 7.28. The molecular weight excluding hydrogens is 264 g/mol. The zero-order valence-corrected chi connectivity index (χ0v) is 13.4. The SMILES string of the molecule is CC(C)n1cnc2cc(CNC(=O)NC(C)(C)C)ccc21. The molecule has 1 heterocycles. The maximum absolute atomic E-state index is 11.7. The van der Waals surface area contributed by atoms with E-state index >= 15 is 0 Å². The number of carbonyl (C=O) groups is 1. The van der Waals surface area contributed by atoms with Crippen molar-refractivity contribution in [2.45, 2.75) is 52.7 Å². The molecular formula is C16H24N4O. The first-order chi connectivity index (χ1) is 9.76. The van der Waals surface area contributed by atoms with E-state index in [4.69, 9.17) is 0 Å². The van der Waals surface area contributed by atoms with Crippen molar-refractivity contribution in [1.29, 1.82) is 0 Å². The second kappa shape index (κ2) is 5.76. The molecule has 5 heteroatoms. The number of benzene rings is 1. The van der Waals surface area contributed by atoms with Crippen LogP contribution in [0.3, 0.4) is 0 Å². The average Bonchev–Trinajstić information content (AvgIpc) is 2.77. The Morgan fingerprint density at radius 2 is 2.05 bits per heavy atom. The van der Waals surface area contributed by atoms with Crippen molar-refractivity contribution < 1.29 is 4.79 Å². The quantitative estimate of drug-likeness (QED) is 0.911. The van der Waals surface area contributed by atoms with Gasteiger partial charge in [0, 0.05) is 18.1 Å². The molecule has 21 heavy (non-hydrogen) atoms. The number of carbonyl (C=O) groups excluding carboxylic acids is 1. The summed E-state index contributed by atoms with van der Waals surface area (Å²) in [7, 11) is 0. The number of hydrogen-bond donors (Lipinski definition) is 2. The van der Waals surface area contributed by atoms with Crippen LogP contribution in [0.2, 0.25) is 0 Å². The van der Waals surface area contributed by atoms with Crippen LogP contribution in [0.4, 0.5) is 4.79 Å². The van der Waals surface area contributed by atoms with Crippen LogP contribution in [0.5, 0.6) is 0 Å². The van der Waals surface area contributed by atoms with E-state index in [2.05, 4.69) is 40.1 Å². The molecule has 0 aliphatic heterocycles. The zero-order chi connectivity index (χ0) is 15.6. The molecule has 1 aromatic heterocycles. The van der Waals surface area contributed by atoms with Crippen LogP contribution in [-0.4, -0.2) is 21.1 Å². The number of amides is 2. The normalized spacial score (nSPS) is 11.9. The largest absolute Gasteiger partial charge is 0.334 e. The summed E-state index contributed by atoms with van der Waals surface area (Å²) in [5.41, 5.74) is 2.89. The van der Waals surface area contributed by atoms with Gasteiger partial charge in [0.25, 0.3) is 0 Å². The molecule has 0 atom stereocenters. The molecule has 0 aliphatic carbocycles. The number of imidazole rings is 1. The number of rotatable bonds is 3. The molecule has 0 fully saturated rings. The summed E-state index contributed by atoms with van der Waals surface area (Å²) in [6.07, 6.45) is 1.86. The molecule has 2 N–H and O–H groups in total. The monoisotopic (exact) mass is 288 g/mol. The van der Waals surface area contributed by atoms with Crippen molar-refractivity contribution in [1.82, 2.24) is 20.2 Å². The van der Waals surface area contributed by atoms with Crippen LogP contribution < -0.4 is 10.6 Å². The van der Waals surface area contributed by atoms with Crippen molar-refractivity contribution in [3.63, 3.8) is 0 Å². The van der Waals surface area contributed by atoms with Gasteiger partial charge in [0.15, 0.2) is 0 Å². The molecule has 0 bridgehead atoms. The van der Waals surface area contributed by atoms with Gasteiger partial charge in [-0.05, 0) is 52.3 Å². The van der Waals surface area contributed by atoms with E-state index < -0.39 is 0 Å². The highest BCUT2D eigenvalue weighted by atomic mass is 16.2. The fourth-order valence-electron chi connectivity index (χ4n) is 2.17. The average molecular weight is 288 g/mol. The van der Waals surface area contributed by atoms with Gasteiger partial charge in [0.2, 0.25) is 0 Å². The molecule has 0 radical (unpaired) electrons. The molecule has 0 unspecified atom stereocenters. The smallest absolute Gasteiger partial charge is 0.315 e. The number of hydrogen-bond acceptors (Lipinski definition) is 2. The number of aromatic nitrogens is 2. The third-order valence-corrected chi connectivity index (χ3v) is 3.14. The summed E-state index contributed by atoms with van der Waals surface area (Å²) < 4.78 is 2.14. The molecule has 114 valence electrons. The van der Waals surface area contributed by atoms with Crippen molar-refractivity contribution in [3.05, 3.63) is 30.1 Å². The van der Waals surface area contributed by atoms with E-state index in [9.17, 15) is 4.79 Å². The maximum Gasteiger partial charge on any atom is 0.315 e. The Labute approximate surface area is 125 Å². The summed E-state index contributed by atoms with van der Waals surface area (Å²) in [6, 6.07) is 6.33. The summed E-state index contributed by atoms with van der Waals surface area (Å²) in [5.74, 6) is 0. The number of nitrogens with zero attached hydrogens (tertiary/aromatic N) is 2. The van der Waals surface area contributed by atoms with Gasteiger partial charge in [-0.25, -0.2) is 9.78 Å². The third-order valence-electron chi connectivity index (χ3n) is 3.14. The Morgan fingerprint density at radius 3 is 2.67 bits per heavy atom. The van der Waals surface area contributed by atoms with Crippen molar-refractivity contribution in [2.24, 2.45) is 0 Å². The lowest BCUT2D eigenvalue weighted by Gasteiger charge is -2.20. The van der Waals surface area contributed by atoms with Crippen LogP contribution >= 0.6 is 0 Å². The maximum atomic E-state index is 11.7. The first-order valence-corrected chi connectivity index (χ1v) is 7.28. The third kappa shape index (κ3) is 3.97. The lowest BCUT2D eigenvalue weighted by Crippen LogP contribution is -2.46. The van der Waals surface area contributed by atoms with Gasteiger partial charge in [0.05, 0.1) is 17.4 Å². The van der Waals surface area contributed by atoms with Gasteiger partial charge in [-0.3, -0.25) is 0 Å². The molecule has 2 amide bonds. The van der Waals surface area contributed by atoms with E-state index in [-0.39, 0.29) is 11.6 Å². The highest BCUT2D eigenvalue weighted by Crippen LogP contribution is 2.18. The van der Waals surface area contributed by atoms with Gasteiger partial charge in [-0.15, -0.1) is 0 Å². The van der Waals surface area contributed by atoms with Gasteiger partial charge in [-0.1, -0.05) is 6.07 Å². The van der Waals surface area contributed by atoms with Crippen LogP contribution in [0.1, 0.15) is 46.2 Å². The predicted molar refractivity (Wildman–Crippen MR) is 85.2 cm³/mol. The van der Waals surface area contributed by atoms with Crippen LogP contribution in [0.25, 0.3) is 11.0 Å². The van der Waals surface area contributed by atoms with Crippen molar-refractivity contribution in [3.8, 4) is 0 Å². The minimum absolute atomic E-state index is 0.157. The van der Waals surface area contributed by atoms with Crippen molar-refractivity contribution >= 4 is 17.1 Å². The van der Waals surface area contributed by atoms with E-state index in [1.165, 1.54) is 0 Å². The Hall–Kier alpha value is -2.04. The highest BCUT2D eigenvalue weighted by molar-refractivity contribution is 5.77. The number of fused-ring (bicyclic) bond motifs is 1. The van der Waals surface area contributed by atoms with Gasteiger partial charge >= 0.3 is 6.03 Å². The highest BCUT2D eigenvalue weighted by Gasteiger charge is 2.13. The van der Waals surface area contributed by atoms with Gasteiger partial charge < -0.3 is 15.2 Å². The molecule has 2 rings (SSSR count). The molecule has 0 spiro atoms. The summed E-state index contributed by atoms with van der Waals surface area (Å²) >= 11 is 0. The van der Waals surface area contributed by atoms with Gasteiger partial charge in [0.1, 0.15) is 0 Å². The predicted octanol–water partition coefficient (Wildman–Crippen LogP) is 3.21. The fraction of sp³-hybridized carbons (Fsp3) is 0.500. The summed E-state index contributed by atoms with van der Waals surface area (Å²) in [6.45, 7) is 10.6.